The normalized spacial score (nSPS) is 32.1. The maximum absolute atomic E-state index is 5.82. The highest BCUT2D eigenvalue weighted by molar-refractivity contribution is 6.31. The first-order valence-electron chi connectivity index (χ1n) is 3.19. The first kappa shape index (κ1) is 7.79. The fourth-order valence-electron chi connectivity index (χ4n) is 0.816. The number of likely N-dealkylation sites (N-methyl/N-ethyl adjacent to an activating group) is 1. The summed E-state index contributed by atoms with van der Waals surface area (Å²) in [5.74, 6) is 0. The summed E-state index contributed by atoms with van der Waals surface area (Å²) in [7, 11) is 1.83. The van der Waals surface area contributed by atoms with Crippen LogP contribution in [0.5, 0.6) is 0 Å². The van der Waals surface area contributed by atoms with Crippen LogP contribution in [0.25, 0.3) is 0 Å². The van der Waals surface area contributed by atoms with Crippen LogP contribution < -0.4 is 11.1 Å². The molecule has 56 valence electrons. The Labute approximate surface area is 65.7 Å². The minimum absolute atomic E-state index is 0.390. The van der Waals surface area contributed by atoms with Crippen molar-refractivity contribution >= 4 is 11.6 Å². The summed E-state index contributed by atoms with van der Waals surface area (Å²) < 4.78 is 0. The van der Waals surface area contributed by atoms with Crippen LogP contribution >= 0.6 is 11.6 Å². The summed E-state index contributed by atoms with van der Waals surface area (Å²) in [4.78, 5) is 0. The SMILES string of the molecule is CNC1(N)C=CC(Cl)=CC1. The molecule has 1 unspecified atom stereocenters. The molecule has 0 aliphatic heterocycles. The van der Waals surface area contributed by atoms with Crippen molar-refractivity contribution < 1.29 is 0 Å². The summed E-state index contributed by atoms with van der Waals surface area (Å²) in [6, 6.07) is 0. The Morgan fingerprint density at radius 1 is 1.80 bits per heavy atom. The van der Waals surface area contributed by atoms with Gasteiger partial charge in [-0.15, -0.1) is 0 Å². The highest BCUT2D eigenvalue weighted by atomic mass is 35.5. The van der Waals surface area contributed by atoms with Crippen LogP contribution in [-0.2, 0) is 0 Å². The molecule has 0 saturated heterocycles. The van der Waals surface area contributed by atoms with Gasteiger partial charge in [-0.05, 0) is 19.2 Å². The number of hydrogen-bond donors (Lipinski definition) is 2. The third-order valence-corrected chi connectivity index (χ3v) is 1.92. The van der Waals surface area contributed by atoms with Gasteiger partial charge in [0.1, 0.15) is 0 Å². The molecule has 0 spiro atoms. The van der Waals surface area contributed by atoms with E-state index in [4.69, 9.17) is 17.3 Å². The second kappa shape index (κ2) is 2.74. The van der Waals surface area contributed by atoms with Crippen LogP contribution in [0.2, 0.25) is 0 Å². The molecule has 0 amide bonds. The molecule has 0 bridgehead atoms. The lowest BCUT2D eigenvalue weighted by molar-refractivity contribution is 0.455. The highest BCUT2D eigenvalue weighted by Crippen LogP contribution is 2.17. The van der Waals surface area contributed by atoms with Crippen LogP contribution in [-0.4, -0.2) is 12.7 Å². The number of allylic oxidation sites excluding steroid dienone is 2. The first-order chi connectivity index (χ1) is 4.66. The second-order valence-electron chi connectivity index (χ2n) is 2.42. The van der Waals surface area contributed by atoms with E-state index in [0.29, 0.717) is 0 Å². The van der Waals surface area contributed by atoms with E-state index < -0.39 is 5.66 Å². The third-order valence-electron chi connectivity index (χ3n) is 1.64. The quantitative estimate of drug-likeness (QED) is 0.558. The van der Waals surface area contributed by atoms with Gasteiger partial charge in [-0.2, -0.15) is 0 Å². The molecule has 1 rings (SSSR count). The average molecular weight is 159 g/mol. The molecule has 0 radical (unpaired) electrons. The van der Waals surface area contributed by atoms with Gasteiger partial charge in [0.25, 0.3) is 0 Å². The van der Waals surface area contributed by atoms with Gasteiger partial charge in [0.05, 0.1) is 5.66 Å². The lowest BCUT2D eigenvalue weighted by Crippen LogP contribution is -2.50. The Morgan fingerprint density at radius 2 is 2.50 bits per heavy atom. The third kappa shape index (κ3) is 1.59. The van der Waals surface area contributed by atoms with E-state index in [-0.39, 0.29) is 0 Å². The van der Waals surface area contributed by atoms with Crippen molar-refractivity contribution in [2.75, 3.05) is 7.05 Å². The molecule has 3 N–H and O–H groups in total. The summed E-state index contributed by atoms with van der Waals surface area (Å²) in [6.45, 7) is 0. The zero-order chi connectivity index (χ0) is 7.61. The fraction of sp³-hybridized carbons (Fsp3) is 0.429. The van der Waals surface area contributed by atoms with Crippen LogP contribution in [0.15, 0.2) is 23.3 Å². The molecule has 1 aliphatic rings. The maximum Gasteiger partial charge on any atom is 0.0890 e. The number of halogens is 1. The molecule has 0 aromatic heterocycles. The summed E-state index contributed by atoms with van der Waals surface area (Å²) in [5.41, 5.74) is 5.43. The molecular weight excluding hydrogens is 148 g/mol. The average Bonchev–Trinajstić information content (AvgIpc) is 1.96. The van der Waals surface area contributed by atoms with E-state index in [2.05, 4.69) is 5.32 Å². The Kier molecular flexibility index (Phi) is 2.14. The first-order valence-corrected chi connectivity index (χ1v) is 3.57. The van der Waals surface area contributed by atoms with Gasteiger partial charge >= 0.3 is 0 Å². The van der Waals surface area contributed by atoms with Crippen LogP contribution in [0.1, 0.15) is 6.42 Å². The summed E-state index contributed by atoms with van der Waals surface area (Å²) in [5, 5.41) is 3.75. The molecule has 1 aliphatic carbocycles. The van der Waals surface area contributed by atoms with Gasteiger partial charge in [0.2, 0.25) is 0 Å². The smallest absolute Gasteiger partial charge is 0.0890 e. The van der Waals surface area contributed by atoms with Gasteiger partial charge in [-0.1, -0.05) is 17.7 Å². The van der Waals surface area contributed by atoms with Crippen molar-refractivity contribution in [2.24, 2.45) is 5.73 Å². The van der Waals surface area contributed by atoms with Gasteiger partial charge in [0, 0.05) is 11.5 Å². The molecule has 0 heterocycles. The molecule has 1 atom stereocenters. The van der Waals surface area contributed by atoms with Gasteiger partial charge in [-0.3, -0.25) is 5.32 Å². The number of rotatable bonds is 1. The minimum Gasteiger partial charge on any atom is -0.310 e. The molecule has 2 nitrogen and oxygen atoms in total. The topological polar surface area (TPSA) is 38.0 Å². The van der Waals surface area contributed by atoms with Crippen LogP contribution in [0, 0.1) is 0 Å². The van der Waals surface area contributed by atoms with Crippen molar-refractivity contribution in [3.05, 3.63) is 23.3 Å². The Balaban J connectivity index is 2.67. The van der Waals surface area contributed by atoms with E-state index in [1.54, 1.807) is 0 Å². The standard InChI is InChI=1S/C7H11ClN2/c1-10-7(9)4-2-6(8)3-5-7/h2-4,10H,5,9H2,1H3. The Morgan fingerprint density at radius 3 is 2.90 bits per heavy atom. The number of nitrogens with one attached hydrogen (secondary N) is 1. The van der Waals surface area contributed by atoms with Gasteiger partial charge in [-0.25, -0.2) is 0 Å². The summed E-state index contributed by atoms with van der Waals surface area (Å²) in [6.07, 6.45) is 6.33. The lowest BCUT2D eigenvalue weighted by atomic mass is 10.0. The molecular formula is C7H11ClN2. The van der Waals surface area contributed by atoms with Crippen molar-refractivity contribution in [3.63, 3.8) is 0 Å². The largest absolute Gasteiger partial charge is 0.310 e. The fourth-order valence-corrected chi connectivity index (χ4v) is 0.956. The second-order valence-corrected chi connectivity index (χ2v) is 2.85. The Hall–Kier alpha value is -0.310. The predicted octanol–water partition coefficient (Wildman–Crippen LogP) is 0.943. The summed E-state index contributed by atoms with van der Waals surface area (Å²) >= 11 is 5.69. The molecule has 0 saturated carbocycles. The highest BCUT2D eigenvalue weighted by Gasteiger charge is 2.19. The van der Waals surface area contributed by atoms with Gasteiger partial charge in [0.15, 0.2) is 0 Å². The number of hydrogen-bond acceptors (Lipinski definition) is 2. The van der Waals surface area contributed by atoms with E-state index >= 15 is 0 Å². The number of nitrogens with two attached hydrogens (primary N) is 1. The van der Waals surface area contributed by atoms with Crippen LogP contribution in [0.4, 0.5) is 0 Å². The van der Waals surface area contributed by atoms with Crippen molar-refractivity contribution in [1.82, 2.24) is 5.32 Å². The van der Waals surface area contributed by atoms with E-state index in [1.807, 2.05) is 25.3 Å². The van der Waals surface area contributed by atoms with E-state index in [0.717, 1.165) is 11.5 Å². The zero-order valence-electron chi connectivity index (χ0n) is 5.89. The molecule has 0 aromatic carbocycles. The monoisotopic (exact) mass is 158 g/mol. The Bertz CT molecular complexity index is 186. The van der Waals surface area contributed by atoms with E-state index in [9.17, 15) is 0 Å². The van der Waals surface area contributed by atoms with Crippen LogP contribution in [0.3, 0.4) is 0 Å². The van der Waals surface area contributed by atoms with E-state index in [1.165, 1.54) is 0 Å². The zero-order valence-corrected chi connectivity index (χ0v) is 6.65. The van der Waals surface area contributed by atoms with Crippen molar-refractivity contribution in [1.29, 1.82) is 0 Å². The molecule has 0 aromatic rings. The lowest BCUT2D eigenvalue weighted by Gasteiger charge is -2.26. The van der Waals surface area contributed by atoms with Gasteiger partial charge < -0.3 is 5.73 Å². The maximum atomic E-state index is 5.82. The van der Waals surface area contributed by atoms with Crippen molar-refractivity contribution in [3.8, 4) is 0 Å². The predicted molar refractivity (Wildman–Crippen MR) is 43.7 cm³/mol. The molecule has 0 fully saturated rings. The minimum atomic E-state index is -0.390. The molecule has 3 heteroatoms. The van der Waals surface area contributed by atoms with Crippen molar-refractivity contribution in [2.45, 2.75) is 12.1 Å². The molecule has 10 heavy (non-hydrogen) atoms.